The largest absolute Gasteiger partial charge is 0.494 e. The van der Waals surface area contributed by atoms with E-state index in [1.807, 2.05) is 36.4 Å². The summed E-state index contributed by atoms with van der Waals surface area (Å²) >= 11 is 0. The molecule has 1 aromatic carbocycles. The quantitative estimate of drug-likeness (QED) is 0.466. The van der Waals surface area contributed by atoms with E-state index in [4.69, 9.17) is 9.84 Å². The van der Waals surface area contributed by atoms with Gasteiger partial charge in [0.1, 0.15) is 11.6 Å². The van der Waals surface area contributed by atoms with Crippen LogP contribution in [0.2, 0.25) is 0 Å². The van der Waals surface area contributed by atoms with Crippen LogP contribution >= 0.6 is 0 Å². The van der Waals surface area contributed by atoms with Gasteiger partial charge in [0.15, 0.2) is 0 Å². The summed E-state index contributed by atoms with van der Waals surface area (Å²) in [7, 11) is 0. The summed E-state index contributed by atoms with van der Waals surface area (Å²) < 4.78 is 5.76. The molecule has 3 rings (SSSR count). The summed E-state index contributed by atoms with van der Waals surface area (Å²) in [6, 6.07) is 11.4. The number of carboxylic acid groups (broad SMARTS) is 1. The van der Waals surface area contributed by atoms with Crippen LogP contribution in [0.25, 0.3) is 10.9 Å². The molecule has 0 unspecified atom stereocenters. The van der Waals surface area contributed by atoms with Crippen LogP contribution in [-0.2, 0) is 11.2 Å². The van der Waals surface area contributed by atoms with Crippen molar-refractivity contribution in [3.8, 4) is 5.75 Å². The van der Waals surface area contributed by atoms with E-state index in [1.54, 1.807) is 12.4 Å². The maximum absolute atomic E-state index is 10.9. The second kappa shape index (κ2) is 8.70. The van der Waals surface area contributed by atoms with E-state index in [2.05, 4.69) is 15.3 Å². The van der Waals surface area contributed by atoms with Gasteiger partial charge in [-0.3, -0.25) is 4.79 Å². The first kappa shape index (κ1) is 18.3. The number of hydrogen-bond donors (Lipinski definition) is 4. The van der Waals surface area contributed by atoms with Crippen LogP contribution in [0.1, 0.15) is 12.0 Å². The predicted octanol–water partition coefficient (Wildman–Crippen LogP) is 3.23. The Labute approximate surface area is 145 Å². The maximum Gasteiger partial charge on any atom is 0.307 e. The third kappa shape index (κ3) is 4.95. The number of aromatic nitrogens is 2. The molecule has 0 saturated heterocycles. The molecular weight excluding hydrogens is 320 g/mol. The van der Waals surface area contributed by atoms with Crippen molar-refractivity contribution in [2.45, 2.75) is 12.8 Å². The molecule has 3 aromatic rings. The fourth-order valence-corrected chi connectivity index (χ4v) is 2.50. The zero-order valence-electron chi connectivity index (χ0n) is 13.9. The molecule has 0 fully saturated rings. The zero-order valence-corrected chi connectivity index (χ0v) is 13.9. The van der Waals surface area contributed by atoms with E-state index in [9.17, 15) is 4.79 Å². The Morgan fingerprint density at radius 3 is 2.92 bits per heavy atom. The van der Waals surface area contributed by atoms with Crippen LogP contribution in [0.15, 0.2) is 48.8 Å². The topological polar surface area (TPSA) is 122 Å². The molecule has 2 aromatic heterocycles. The number of H-pyrrole nitrogens is 1. The first-order valence-electron chi connectivity index (χ1n) is 7.82. The number of benzene rings is 1. The van der Waals surface area contributed by atoms with Crippen LogP contribution in [0.5, 0.6) is 5.75 Å². The van der Waals surface area contributed by atoms with Crippen molar-refractivity contribution in [1.82, 2.24) is 16.1 Å². The molecule has 0 aliphatic heterocycles. The van der Waals surface area contributed by atoms with Gasteiger partial charge in [-0.05, 0) is 42.3 Å². The first-order valence-corrected chi connectivity index (χ1v) is 7.82. The van der Waals surface area contributed by atoms with Gasteiger partial charge < -0.3 is 26.3 Å². The highest BCUT2D eigenvalue weighted by Crippen LogP contribution is 2.24. The highest BCUT2D eigenvalue weighted by Gasteiger charge is 2.08. The van der Waals surface area contributed by atoms with Crippen molar-refractivity contribution in [2.75, 3.05) is 18.5 Å². The lowest BCUT2D eigenvalue weighted by Gasteiger charge is -2.08. The van der Waals surface area contributed by atoms with Crippen molar-refractivity contribution in [1.29, 1.82) is 0 Å². The number of nitrogens with zero attached hydrogens (tertiary/aromatic N) is 1. The van der Waals surface area contributed by atoms with E-state index in [1.165, 1.54) is 0 Å². The molecule has 0 aliphatic carbocycles. The fourth-order valence-electron chi connectivity index (χ4n) is 2.50. The van der Waals surface area contributed by atoms with Gasteiger partial charge in [0.05, 0.1) is 13.0 Å². The summed E-state index contributed by atoms with van der Waals surface area (Å²) in [6.45, 7) is 1.34. The first-order chi connectivity index (χ1) is 11.7. The van der Waals surface area contributed by atoms with Gasteiger partial charge in [0.25, 0.3) is 0 Å². The normalized spacial score (nSPS) is 10.2. The third-order valence-corrected chi connectivity index (χ3v) is 3.64. The Morgan fingerprint density at radius 2 is 2.16 bits per heavy atom. The lowest BCUT2D eigenvalue weighted by Crippen LogP contribution is -2.08. The van der Waals surface area contributed by atoms with Crippen LogP contribution in [0, 0.1) is 0 Å². The van der Waals surface area contributed by atoms with Gasteiger partial charge in [-0.25, -0.2) is 4.98 Å². The number of nitrogens with one attached hydrogen (secondary N) is 2. The van der Waals surface area contributed by atoms with Crippen molar-refractivity contribution < 1.29 is 14.6 Å². The molecule has 7 heteroatoms. The average Bonchev–Trinajstić information content (AvgIpc) is 2.97. The van der Waals surface area contributed by atoms with Crippen LogP contribution in [0.4, 0.5) is 5.82 Å². The Hall–Kier alpha value is -3.06. The smallest absolute Gasteiger partial charge is 0.307 e. The summed E-state index contributed by atoms with van der Waals surface area (Å²) in [5, 5.41) is 13.1. The maximum atomic E-state index is 10.9. The average molecular weight is 342 g/mol. The number of carbonyl (C=O) groups is 1. The lowest BCUT2D eigenvalue weighted by molar-refractivity contribution is -0.136. The number of anilines is 1. The van der Waals surface area contributed by atoms with Gasteiger partial charge in [0.2, 0.25) is 0 Å². The Bertz CT molecular complexity index is 818. The SMILES string of the molecule is N.O=C(O)Cc1c[nH]c2ccc(OCCCNc3ccccn3)cc12. The highest BCUT2D eigenvalue weighted by atomic mass is 16.5. The molecule has 132 valence electrons. The van der Waals surface area contributed by atoms with Crippen LogP contribution in [0.3, 0.4) is 0 Å². The van der Waals surface area contributed by atoms with Crippen molar-refractivity contribution in [2.24, 2.45) is 0 Å². The Kier molecular flexibility index (Phi) is 6.36. The summed E-state index contributed by atoms with van der Waals surface area (Å²) in [5.74, 6) is 0.749. The molecule has 7 nitrogen and oxygen atoms in total. The third-order valence-electron chi connectivity index (χ3n) is 3.64. The standard InChI is InChI=1S/C18H19N3O3.H3N/c22-18(23)10-13-12-21-16-6-5-14(11-15(13)16)24-9-3-8-20-17-4-1-2-7-19-17;/h1-2,4-7,11-12,21H,3,8-10H2,(H,19,20)(H,22,23);1H3. The van der Waals surface area contributed by atoms with Gasteiger partial charge in [-0.2, -0.15) is 0 Å². The fraction of sp³-hybridized carbons (Fsp3) is 0.222. The van der Waals surface area contributed by atoms with E-state index in [-0.39, 0.29) is 12.6 Å². The van der Waals surface area contributed by atoms with Gasteiger partial charge in [-0.15, -0.1) is 0 Å². The number of ether oxygens (including phenoxy) is 1. The minimum absolute atomic E-state index is 0. The van der Waals surface area contributed by atoms with Crippen molar-refractivity contribution in [3.63, 3.8) is 0 Å². The van der Waals surface area contributed by atoms with Crippen LogP contribution in [-0.4, -0.2) is 34.2 Å². The molecule has 2 heterocycles. The van der Waals surface area contributed by atoms with Crippen LogP contribution < -0.4 is 16.2 Å². The Balaban J connectivity index is 0.00000225. The van der Waals surface area contributed by atoms with Crippen molar-refractivity contribution in [3.05, 3.63) is 54.4 Å². The summed E-state index contributed by atoms with van der Waals surface area (Å²) in [5.41, 5.74) is 1.68. The molecule has 0 spiro atoms. The minimum Gasteiger partial charge on any atom is -0.494 e. The summed E-state index contributed by atoms with van der Waals surface area (Å²) in [6.07, 6.45) is 4.32. The number of pyridine rings is 1. The molecule has 25 heavy (non-hydrogen) atoms. The molecule has 0 radical (unpaired) electrons. The van der Waals surface area contributed by atoms with E-state index in [0.29, 0.717) is 6.61 Å². The zero-order chi connectivity index (χ0) is 16.8. The molecule has 6 N–H and O–H groups in total. The van der Waals surface area contributed by atoms with E-state index < -0.39 is 5.97 Å². The number of hydrogen-bond acceptors (Lipinski definition) is 5. The Morgan fingerprint density at radius 1 is 1.28 bits per heavy atom. The molecule has 0 amide bonds. The van der Waals surface area contributed by atoms with Gasteiger partial charge >= 0.3 is 5.97 Å². The molecule has 0 bridgehead atoms. The number of aromatic amines is 1. The molecule has 0 aliphatic rings. The molecule has 0 saturated carbocycles. The monoisotopic (exact) mass is 342 g/mol. The van der Waals surface area contributed by atoms with E-state index >= 15 is 0 Å². The van der Waals surface area contributed by atoms with Gasteiger partial charge in [0, 0.05) is 29.8 Å². The second-order valence-corrected chi connectivity index (χ2v) is 5.44. The second-order valence-electron chi connectivity index (χ2n) is 5.44. The number of rotatable bonds is 8. The molecular formula is C18H22N4O3. The van der Waals surface area contributed by atoms with Crippen molar-refractivity contribution >= 4 is 22.7 Å². The number of fused-ring (bicyclic) bond motifs is 1. The van der Waals surface area contributed by atoms with Gasteiger partial charge in [-0.1, -0.05) is 6.07 Å². The minimum atomic E-state index is -0.845. The number of aliphatic carboxylic acids is 1. The number of carboxylic acids is 1. The lowest BCUT2D eigenvalue weighted by atomic mass is 10.1. The highest BCUT2D eigenvalue weighted by molar-refractivity contribution is 5.87. The molecule has 0 atom stereocenters. The van der Waals surface area contributed by atoms with E-state index in [0.717, 1.165) is 41.0 Å². The predicted molar refractivity (Wildman–Crippen MR) is 97.5 cm³/mol. The summed E-state index contributed by atoms with van der Waals surface area (Å²) in [4.78, 5) is 18.2.